The molecule has 0 saturated heterocycles. The summed E-state index contributed by atoms with van der Waals surface area (Å²) in [4.78, 5) is 5.37. The average Bonchev–Trinajstić information content (AvgIpc) is 2.22. The lowest BCUT2D eigenvalue weighted by Gasteiger charge is -2.01. The summed E-state index contributed by atoms with van der Waals surface area (Å²) in [6.07, 6.45) is 0. The van der Waals surface area contributed by atoms with E-state index in [2.05, 4.69) is 20.9 Å². The number of aromatic nitrogens is 1. The number of hydrogen-bond donors (Lipinski definition) is 1. The summed E-state index contributed by atoms with van der Waals surface area (Å²) < 4.78 is 1.08. The molecule has 2 rings (SSSR count). The summed E-state index contributed by atoms with van der Waals surface area (Å²) in [5, 5.41) is 0.914. The van der Waals surface area contributed by atoms with Gasteiger partial charge in [0.15, 0.2) is 0 Å². The van der Waals surface area contributed by atoms with Crippen LogP contribution >= 0.6 is 27.7 Å². The van der Waals surface area contributed by atoms with Crippen molar-refractivity contribution in [2.45, 2.75) is 9.92 Å². The predicted octanol–water partition coefficient (Wildman–Crippen LogP) is 3.58. The van der Waals surface area contributed by atoms with Gasteiger partial charge >= 0.3 is 0 Å². The molecule has 0 fully saturated rings. The van der Waals surface area contributed by atoms with Gasteiger partial charge in [-0.15, -0.1) is 0 Å². The quantitative estimate of drug-likeness (QED) is 0.914. The first kappa shape index (κ1) is 10.5. The van der Waals surface area contributed by atoms with Crippen molar-refractivity contribution in [1.29, 1.82) is 0 Å². The molecule has 0 saturated carbocycles. The fourth-order valence-corrected chi connectivity index (χ4v) is 2.19. The number of pyridine rings is 1. The fraction of sp³-hybridized carbons (Fsp3) is 0. The number of anilines is 1. The van der Waals surface area contributed by atoms with Crippen LogP contribution < -0.4 is 5.73 Å². The number of nitrogen functional groups attached to an aromatic ring is 1. The van der Waals surface area contributed by atoms with Crippen LogP contribution in [-0.4, -0.2) is 4.98 Å². The summed E-state index contributed by atoms with van der Waals surface area (Å²) in [5.41, 5.74) is 5.60. The number of hydrogen-bond acceptors (Lipinski definition) is 3. The number of nitrogens with two attached hydrogens (primary N) is 1. The van der Waals surface area contributed by atoms with Crippen LogP contribution in [0, 0.1) is 0 Å². The van der Waals surface area contributed by atoms with Gasteiger partial charge in [0.2, 0.25) is 0 Å². The molecule has 1 aromatic carbocycles. The van der Waals surface area contributed by atoms with E-state index in [1.807, 2.05) is 36.4 Å². The van der Waals surface area contributed by atoms with Crippen LogP contribution in [0.25, 0.3) is 0 Å². The maximum absolute atomic E-state index is 5.60. The van der Waals surface area contributed by atoms with E-state index in [0.29, 0.717) is 5.82 Å². The summed E-state index contributed by atoms with van der Waals surface area (Å²) in [6.45, 7) is 0. The lowest BCUT2D eigenvalue weighted by Crippen LogP contribution is -1.89. The Morgan fingerprint density at radius 2 is 1.80 bits per heavy atom. The van der Waals surface area contributed by atoms with Crippen LogP contribution in [0.4, 0.5) is 5.82 Å². The van der Waals surface area contributed by atoms with Gasteiger partial charge in [0.05, 0.1) is 0 Å². The van der Waals surface area contributed by atoms with Crippen molar-refractivity contribution in [2.75, 3.05) is 5.73 Å². The lowest BCUT2D eigenvalue weighted by molar-refractivity contribution is 1.14. The lowest BCUT2D eigenvalue weighted by atomic mass is 10.4. The molecule has 1 heterocycles. The molecule has 0 atom stereocenters. The SMILES string of the molecule is Nc1cccc(Sc2ccc(Br)cc2)n1. The van der Waals surface area contributed by atoms with E-state index in [4.69, 9.17) is 5.73 Å². The second-order valence-electron chi connectivity index (χ2n) is 2.96. The standard InChI is InChI=1S/C11H9BrN2S/c12-8-4-6-9(7-5-8)15-11-3-1-2-10(13)14-11/h1-7H,(H2,13,14). The minimum atomic E-state index is 0.553. The molecule has 15 heavy (non-hydrogen) atoms. The molecule has 0 spiro atoms. The summed E-state index contributed by atoms with van der Waals surface area (Å²) in [5.74, 6) is 0.553. The molecule has 0 aliphatic carbocycles. The second-order valence-corrected chi connectivity index (χ2v) is 4.97. The van der Waals surface area contributed by atoms with Crippen molar-refractivity contribution < 1.29 is 0 Å². The third kappa shape index (κ3) is 2.97. The van der Waals surface area contributed by atoms with Crippen LogP contribution in [0.3, 0.4) is 0 Å². The fourth-order valence-electron chi connectivity index (χ4n) is 1.11. The Morgan fingerprint density at radius 3 is 2.47 bits per heavy atom. The van der Waals surface area contributed by atoms with Gasteiger partial charge in [0.25, 0.3) is 0 Å². The molecule has 2 aromatic rings. The first-order valence-corrected chi connectivity index (χ1v) is 6.01. The molecule has 76 valence electrons. The minimum absolute atomic E-state index is 0.553. The van der Waals surface area contributed by atoms with Gasteiger partial charge in [-0.3, -0.25) is 0 Å². The van der Waals surface area contributed by atoms with E-state index in [9.17, 15) is 0 Å². The Morgan fingerprint density at radius 1 is 1.07 bits per heavy atom. The van der Waals surface area contributed by atoms with Gasteiger partial charge < -0.3 is 5.73 Å². The van der Waals surface area contributed by atoms with E-state index >= 15 is 0 Å². The van der Waals surface area contributed by atoms with Crippen molar-refractivity contribution >= 4 is 33.5 Å². The third-order valence-electron chi connectivity index (χ3n) is 1.78. The van der Waals surface area contributed by atoms with Crippen molar-refractivity contribution in [1.82, 2.24) is 4.98 Å². The predicted molar refractivity (Wildman–Crippen MR) is 66.9 cm³/mol. The number of benzene rings is 1. The summed E-state index contributed by atoms with van der Waals surface area (Å²) in [6, 6.07) is 13.7. The normalized spacial score (nSPS) is 10.2. The maximum atomic E-state index is 5.60. The average molecular weight is 281 g/mol. The van der Waals surface area contributed by atoms with Crippen LogP contribution in [0.2, 0.25) is 0 Å². The zero-order chi connectivity index (χ0) is 10.7. The van der Waals surface area contributed by atoms with Crippen LogP contribution in [0.15, 0.2) is 56.9 Å². The van der Waals surface area contributed by atoms with Crippen molar-refractivity contribution in [2.24, 2.45) is 0 Å². The Kier molecular flexibility index (Phi) is 3.28. The molecule has 2 N–H and O–H groups in total. The van der Waals surface area contributed by atoms with Crippen LogP contribution in [0.5, 0.6) is 0 Å². The molecule has 0 amide bonds. The molecule has 0 bridgehead atoms. The van der Waals surface area contributed by atoms with Crippen molar-refractivity contribution in [3.8, 4) is 0 Å². The Balaban J connectivity index is 2.18. The highest BCUT2D eigenvalue weighted by Crippen LogP contribution is 2.27. The monoisotopic (exact) mass is 280 g/mol. The molecular formula is C11H9BrN2S. The van der Waals surface area contributed by atoms with E-state index in [-0.39, 0.29) is 0 Å². The molecule has 0 aliphatic rings. The van der Waals surface area contributed by atoms with Crippen LogP contribution in [0.1, 0.15) is 0 Å². The summed E-state index contributed by atoms with van der Waals surface area (Å²) >= 11 is 5.00. The van der Waals surface area contributed by atoms with Gasteiger partial charge in [-0.2, -0.15) is 0 Å². The smallest absolute Gasteiger partial charge is 0.124 e. The zero-order valence-corrected chi connectivity index (χ0v) is 10.3. The highest BCUT2D eigenvalue weighted by molar-refractivity contribution is 9.10. The highest BCUT2D eigenvalue weighted by atomic mass is 79.9. The molecule has 0 radical (unpaired) electrons. The van der Waals surface area contributed by atoms with E-state index in [1.165, 1.54) is 0 Å². The first-order chi connectivity index (χ1) is 7.24. The van der Waals surface area contributed by atoms with Gasteiger partial charge in [0, 0.05) is 9.37 Å². The highest BCUT2D eigenvalue weighted by Gasteiger charge is 1.98. The topological polar surface area (TPSA) is 38.9 Å². The van der Waals surface area contributed by atoms with E-state index in [1.54, 1.807) is 17.8 Å². The first-order valence-electron chi connectivity index (χ1n) is 4.40. The Hall–Kier alpha value is -1.00. The van der Waals surface area contributed by atoms with Crippen LogP contribution in [-0.2, 0) is 0 Å². The number of nitrogens with zero attached hydrogens (tertiary/aromatic N) is 1. The molecule has 4 heteroatoms. The molecule has 2 nitrogen and oxygen atoms in total. The largest absolute Gasteiger partial charge is 0.384 e. The zero-order valence-electron chi connectivity index (χ0n) is 7.85. The molecule has 0 aliphatic heterocycles. The van der Waals surface area contributed by atoms with Gasteiger partial charge in [-0.05, 0) is 36.4 Å². The molecular weight excluding hydrogens is 272 g/mol. The Bertz CT molecular complexity index is 456. The van der Waals surface area contributed by atoms with Crippen molar-refractivity contribution in [3.05, 3.63) is 46.9 Å². The van der Waals surface area contributed by atoms with Gasteiger partial charge in [-0.25, -0.2) is 4.98 Å². The van der Waals surface area contributed by atoms with E-state index in [0.717, 1.165) is 14.4 Å². The summed E-state index contributed by atoms with van der Waals surface area (Å²) in [7, 11) is 0. The van der Waals surface area contributed by atoms with E-state index < -0.39 is 0 Å². The van der Waals surface area contributed by atoms with Gasteiger partial charge in [0.1, 0.15) is 10.8 Å². The maximum Gasteiger partial charge on any atom is 0.124 e. The minimum Gasteiger partial charge on any atom is -0.384 e. The molecule has 1 aromatic heterocycles. The number of halogens is 1. The number of rotatable bonds is 2. The second kappa shape index (κ2) is 4.68. The van der Waals surface area contributed by atoms with Gasteiger partial charge in [-0.1, -0.05) is 33.8 Å². The Labute approximate surface area is 101 Å². The molecule has 0 unspecified atom stereocenters. The third-order valence-corrected chi connectivity index (χ3v) is 3.25. The van der Waals surface area contributed by atoms with Crippen molar-refractivity contribution in [3.63, 3.8) is 0 Å².